The Morgan fingerprint density at radius 2 is 2.18 bits per heavy atom. The molecule has 0 aliphatic heterocycles. The average molecular weight is 236 g/mol. The molecule has 0 amide bonds. The van der Waals surface area contributed by atoms with E-state index in [1.807, 2.05) is 19.2 Å². The van der Waals surface area contributed by atoms with E-state index in [2.05, 4.69) is 17.3 Å². The Labute approximate surface area is 103 Å². The van der Waals surface area contributed by atoms with Crippen LogP contribution in [-0.2, 0) is 13.1 Å². The van der Waals surface area contributed by atoms with Crippen molar-refractivity contribution in [2.75, 3.05) is 14.1 Å². The lowest BCUT2D eigenvalue weighted by Crippen LogP contribution is -2.36. The van der Waals surface area contributed by atoms with Crippen LogP contribution in [0.2, 0.25) is 0 Å². The van der Waals surface area contributed by atoms with E-state index in [4.69, 9.17) is 0 Å². The highest BCUT2D eigenvalue weighted by atomic mass is 19.1. The largest absolute Gasteiger partial charge is 0.316 e. The van der Waals surface area contributed by atoms with Crippen LogP contribution in [0, 0.1) is 5.82 Å². The minimum absolute atomic E-state index is 0.0870. The van der Waals surface area contributed by atoms with Crippen molar-refractivity contribution in [3.05, 3.63) is 35.1 Å². The zero-order valence-corrected chi connectivity index (χ0v) is 10.7. The minimum Gasteiger partial charge on any atom is -0.316 e. The summed E-state index contributed by atoms with van der Waals surface area (Å²) < 4.78 is 13.7. The Balaban J connectivity index is 2.04. The predicted octanol–water partition coefficient (Wildman–Crippen LogP) is 2.53. The first-order valence-electron chi connectivity index (χ1n) is 6.33. The van der Waals surface area contributed by atoms with E-state index in [9.17, 15) is 4.39 Å². The Morgan fingerprint density at radius 3 is 2.76 bits per heavy atom. The lowest BCUT2D eigenvalue weighted by atomic mass is 9.91. The van der Waals surface area contributed by atoms with Crippen LogP contribution in [0.1, 0.15) is 30.4 Å². The van der Waals surface area contributed by atoms with Crippen molar-refractivity contribution in [3.8, 4) is 0 Å². The highest BCUT2D eigenvalue weighted by Gasteiger charge is 2.22. The monoisotopic (exact) mass is 236 g/mol. The summed E-state index contributed by atoms with van der Waals surface area (Å²) in [5.41, 5.74) is 1.96. The average Bonchev–Trinajstić information content (AvgIpc) is 2.21. The zero-order valence-electron chi connectivity index (χ0n) is 10.7. The second kappa shape index (κ2) is 5.61. The smallest absolute Gasteiger partial charge is 0.127 e. The molecule has 0 heterocycles. The van der Waals surface area contributed by atoms with Crippen LogP contribution in [0.3, 0.4) is 0 Å². The number of hydrogen-bond acceptors (Lipinski definition) is 2. The first-order chi connectivity index (χ1) is 8.20. The lowest BCUT2D eigenvalue weighted by Gasteiger charge is -2.34. The summed E-state index contributed by atoms with van der Waals surface area (Å²) in [4.78, 5) is 2.27. The topological polar surface area (TPSA) is 15.3 Å². The fraction of sp³-hybridized carbons (Fsp3) is 0.571. The molecule has 1 fully saturated rings. The molecular formula is C14H21FN2. The molecule has 1 aromatic carbocycles. The Morgan fingerprint density at radius 1 is 1.41 bits per heavy atom. The molecule has 2 nitrogen and oxygen atoms in total. The van der Waals surface area contributed by atoms with Crippen molar-refractivity contribution >= 4 is 0 Å². The van der Waals surface area contributed by atoms with Gasteiger partial charge in [0.1, 0.15) is 5.82 Å². The van der Waals surface area contributed by atoms with Gasteiger partial charge in [-0.25, -0.2) is 4.39 Å². The maximum Gasteiger partial charge on any atom is 0.127 e. The van der Waals surface area contributed by atoms with Gasteiger partial charge in [-0.3, -0.25) is 4.90 Å². The van der Waals surface area contributed by atoms with E-state index in [1.54, 1.807) is 6.07 Å². The Hall–Kier alpha value is -0.930. The van der Waals surface area contributed by atoms with Crippen molar-refractivity contribution in [2.45, 2.75) is 38.4 Å². The SMILES string of the molecule is CNCc1ccc(F)c(CN(C)C2CCC2)c1. The minimum atomic E-state index is -0.0870. The van der Waals surface area contributed by atoms with Gasteiger partial charge in [-0.2, -0.15) is 0 Å². The molecule has 0 spiro atoms. The van der Waals surface area contributed by atoms with Crippen LogP contribution in [0.5, 0.6) is 0 Å². The molecule has 0 radical (unpaired) electrons. The van der Waals surface area contributed by atoms with Gasteiger partial charge in [-0.05, 0) is 38.6 Å². The van der Waals surface area contributed by atoms with Crippen LogP contribution in [0.25, 0.3) is 0 Å². The van der Waals surface area contributed by atoms with Gasteiger partial charge in [-0.15, -0.1) is 0 Å². The van der Waals surface area contributed by atoms with E-state index in [0.717, 1.165) is 17.7 Å². The fourth-order valence-corrected chi connectivity index (χ4v) is 2.29. The molecule has 2 rings (SSSR count). The number of benzene rings is 1. The highest BCUT2D eigenvalue weighted by Crippen LogP contribution is 2.25. The fourth-order valence-electron chi connectivity index (χ4n) is 2.29. The second-order valence-electron chi connectivity index (χ2n) is 4.96. The van der Waals surface area contributed by atoms with Gasteiger partial charge in [0.2, 0.25) is 0 Å². The molecule has 1 aromatic rings. The molecule has 0 saturated heterocycles. The van der Waals surface area contributed by atoms with Gasteiger partial charge in [-0.1, -0.05) is 18.6 Å². The summed E-state index contributed by atoms with van der Waals surface area (Å²) >= 11 is 0. The third-order valence-corrected chi connectivity index (χ3v) is 3.61. The number of rotatable bonds is 5. The zero-order chi connectivity index (χ0) is 12.3. The van der Waals surface area contributed by atoms with E-state index >= 15 is 0 Å². The van der Waals surface area contributed by atoms with Crippen LogP contribution < -0.4 is 5.32 Å². The molecule has 0 atom stereocenters. The first-order valence-corrected chi connectivity index (χ1v) is 6.33. The van der Waals surface area contributed by atoms with Crippen molar-refractivity contribution in [3.63, 3.8) is 0 Å². The standard InChI is InChI=1S/C14H21FN2/c1-16-9-11-6-7-14(15)12(8-11)10-17(2)13-4-3-5-13/h6-8,13,16H,3-5,9-10H2,1-2H3. The van der Waals surface area contributed by atoms with Gasteiger partial charge < -0.3 is 5.32 Å². The molecule has 3 heteroatoms. The van der Waals surface area contributed by atoms with Crippen molar-refractivity contribution in [2.24, 2.45) is 0 Å². The van der Waals surface area contributed by atoms with E-state index in [-0.39, 0.29) is 5.82 Å². The van der Waals surface area contributed by atoms with E-state index < -0.39 is 0 Å². The summed E-state index contributed by atoms with van der Waals surface area (Å²) in [6, 6.07) is 6.05. The van der Waals surface area contributed by atoms with Crippen LogP contribution in [-0.4, -0.2) is 25.0 Å². The quantitative estimate of drug-likeness (QED) is 0.845. The van der Waals surface area contributed by atoms with Crippen LogP contribution in [0.4, 0.5) is 4.39 Å². The molecule has 0 bridgehead atoms. The maximum absolute atomic E-state index is 13.7. The van der Waals surface area contributed by atoms with Gasteiger partial charge in [0.15, 0.2) is 0 Å². The Kier molecular flexibility index (Phi) is 4.13. The molecule has 1 aliphatic carbocycles. The number of halogens is 1. The third-order valence-electron chi connectivity index (χ3n) is 3.61. The van der Waals surface area contributed by atoms with Gasteiger partial charge in [0.05, 0.1) is 0 Å². The molecule has 1 aliphatic rings. The van der Waals surface area contributed by atoms with Gasteiger partial charge >= 0.3 is 0 Å². The summed E-state index contributed by atoms with van der Waals surface area (Å²) in [6.45, 7) is 1.51. The van der Waals surface area contributed by atoms with Crippen molar-refractivity contribution < 1.29 is 4.39 Å². The molecule has 1 N–H and O–H groups in total. The molecule has 0 unspecified atom stereocenters. The maximum atomic E-state index is 13.7. The van der Waals surface area contributed by atoms with Gasteiger partial charge in [0.25, 0.3) is 0 Å². The Bertz CT molecular complexity index is 374. The summed E-state index contributed by atoms with van der Waals surface area (Å²) in [6.07, 6.45) is 3.83. The van der Waals surface area contributed by atoms with Gasteiger partial charge in [0, 0.05) is 24.7 Å². The summed E-state index contributed by atoms with van der Waals surface area (Å²) in [5.74, 6) is -0.0870. The highest BCUT2D eigenvalue weighted by molar-refractivity contribution is 5.25. The molecule has 1 saturated carbocycles. The summed E-state index contributed by atoms with van der Waals surface area (Å²) in [5, 5.41) is 3.09. The van der Waals surface area contributed by atoms with Crippen molar-refractivity contribution in [1.29, 1.82) is 0 Å². The predicted molar refractivity (Wildman–Crippen MR) is 68.3 cm³/mol. The molecular weight excluding hydrogens is 215 g/mol. The molecule has 17 heavy (non-hydrogen) atoms. The first kappa shape index (κ1) is 12.5. The molecule has 0 aromatic heterocycles. The molecule has 94 valence electrons. The summed E-state index contributed by atoms with van der Waals surface area (Å²) in [7, 11) is 4.00. The number of nitrogens with one attached hydrogen (secondary N) is 1. The number of nitrogens with zero attached hydrogens (tertiary/aromatic N) is 1. The lowest BCUT2D eigenvalue weighted by molar-refractivity contribution is 0.151. The van der Waals surface area contributed by atoms with E-state index in [1.165, 1.54) is 19.3 Å². The normalized spacial score (nSPS) is 16.2. The number of hydrogen-bond donors (Lipinski definition) is 1. The third kappa shape index (κ3) is 3.05. The van der Waals surface area contributed by atoms with Crippen molar-refractivity contribution in [1.82, 2.24) is 10.2 Å². The van der Waals surface area contributed by atoms with Crippen LogP contribution in [0.15, 0.2) is 18.2 Å². The van der Waals surface area contributed by atoms with Crippen LogP contribution >= 0.6 is 0 Å². The second-order valence-corrected chi connectivity index (χ2v) is 4.96. The van der Waals surface area contributed by atoms with E-state index in [0.29, 0.717) is 12.6 Å².